The maximum atomic E-state index is 5.61. The predicted molar refractivity (Wildman–Crippen MR) is 125 cm³/mol. The number of hydrogen-bond acceptors (Lipinski definition) is 3. The molecule has 1 heterocycles. The van der Waals surface area contributed by atoms with Crippen molar-refractivity contribution >= 4 is 33.4 Å². The normalized spacial score (nSPS) is 15.5. The van der Waals surface area contributed by atoms with Crippen LogP contribution in [0.25, 0.3) is 0 Å². The van der Waals surface area contributed by atoms with Crippen LogP contribution < -0.4 is 4.74 Å². The third kappa shape index (κ3) is 4.83. The molecule has 2 aromatic rings. The van der Waals surface area contributed by atoms with E-state index in [1.165, 1.54) is 41.7 Å². The summed E-state index contributed by atoms with van der Waals surface area (Å²) in [6.07, 6.45) is 7.17. The van der Waals surface area contributed by atoms with Crippen LogP contribution in [0.15, 0.2) is 56.8 Å². The minimum Gasteiger partial charge on any atom is -0.496 e. The molecular weight excluding hydrogens is 430 g/mol. The van der Waals surface area contributed by atoms with Crippen molar-refractivity contribution in [3.05, 3.63) is 58.1 Å². The topological polar surface area (TPSA) is 21.6 Å². The summed E-state index contributed by atoms with van der Waals surface area (Å²) in [6, 6.07) is 15.0. The van der Waals surface area contributed by atoms with E-state index < -0.39 is 0 Å². The third-order valence-corrected chi connectivity index (χ3v) is 7.34. The van der Waals surface area contributed by atoms with Gasteiger partial charge in [-0.1, -0.05) is 69.9 Å². The highest BCUT2D eigenvalue weighted by atomic mass is 79.9. The Morgan fingerprint density at radius 1 is 1.07 bits per heavy atom. The van der Waals surface area contributed by atoms with Crippen LogP contribution in [0.2, 0.25) is 0 Å². The van der Waals surface area contributed by atoms with E-state index in [1.54, 1.807) is 7.11 Å². The van der Waals surface area contributed by atoms with Crippen molar-refractivity contribution < 1.29 is 4.74 Å². The summed E-state index contributed by atoms with van der Waals surface area (Å²) in [5, 5.41) is 0. The molecule has 0 bridgehead atoms. The van der Waals surface area contributed by atoms with Crippen LogP contribution in [-0.2, 0) is 0 Å². The van der Waals surface area contributed by atoms with E-state index in [9.17, 15) is 0 Å². The van der Waals surface area contributed by atoms with Crippen molar-refractivity contribution in [2.75, 3.05) is 12.9 Å². The monoisotopic (exact) mass is 459 g/mol. The zero-order chi connectivity index (χ0) is 20.0. The summed E-state index contributed by atoms with van der Waals surface area (Å²) < 4.78 is 6.61. The van der Waals surface area contributed by atoms with Crippen molar-refractivity contribution in [3.63, 3.8) is 0 Å². The summed E-state index contributed by atoms with van der Waals surface area (Å²) in [5.74, 6) is 1.90. The highest BCUT2D eigenvalue weighted by Crippen LogP contribution is 2.42. The molecule has 0 N–H and O–H groups in total. The average molecular weight is 460 g/mol. The van der Waals surface area contributed by atoms with Crippen LogP contribution in [0.5, 0.6) is 5.75 Å². The smallest absolute Gasteiger partial charge is 0.133 e. The number of halogens is 1. The van der Waals surface area contributed by atoms with E-state index in [2.05, 4.69) is 72.2 Å². The molecule has 0 spiro atoms. The Hall–Kier alpha value is -1.26. The Bertz CT molecular complexity index is 811. The number of ether oxygens (including phenoxy) is 1. The number of fused-ring (bicyclic) bond motifs is 1. The largest absolute Gasteiger partial charge is 0.496 e. The lowest BCUT2D eigenvalue weighted by Gasteiger charge is -2.29. The Morgan fingerprint density at radius 2 is 1.75 bits per heavy atom. The number of unbranched alkanes of at least 4 members (excludes halogenated alkanes) is 2. The second-order valence-corrected chi connectivity index (χ2v) is 9.40. The van der Waals surface area contributed by atoms with E-state index in [0.29, 0.717) is 0 Å². The van der Waals surface area contributed by atoms with Gasteiger partial charge in [0.2, 0.25) is 0 Å². The van der Waals surface area contributed by atoms with E-state index in [1.807, 2.05) is 11.8 Å². The zero-order valence-electron chi connectivity index (χ0n) is 17.1. The summed E-state index contributed by atoms with van der Waals surface area (Å²) in [4.78, 5) is 6.81. The fraction of sp³-hybridized carbons (Fsp3) is 0.458. The van der Waals surface area contributed by atoms with Crippen LogP contribution >= 0.6 is 27.7 Å². The highest BCUT2D eigenvalue weighted by Gasteiger charge is 2.33. The molecular formula is C24H30BrNOS. The summed E-state index contributed by atoms with van der Waals surface area (Å²) >= 11 is 5.62. The average Bonchev–Trinajstić information content (AvgIpc) is 2.88. The van der Waals surface area contributed by atoms with Crippen molar-refractivity contribution in [3.8, 4) is 5.75 Å². The van der Waals surface area contributed by atoms with Gasteiger partial charge in [-0.2, -0.15) is 0 Å². The second kappa shape index (κ2) is 9.98. The first-order chi connectivity index (χ1) is 13.6. The molecule has 2 nitrogen and oxygen atoms in total. The Morgan fingerprint density at radius 3 is 2.36 bits per heavy atom. The van der Waals surface area contributed by atoms with Gasteiger partial charge in [0.05, 0.1) is 22.8 Å². The second-order valence-electron chi connectivity index (χ2n) is 7.53. The van der Waals surface area contributed by atoms with E-state index in [4.69, 9.17) is 9.73 Å². The van der Waals surface area contributed by atoms with Crippen LogP contribution in [-0.4, -0.2) is 24.1 Å². The lowest BCUT2D eigenvalue weighted by atomic mass is 9.88. The number of thioether (sulfide) groups is 1. The number of benzene rings is 2. The molecule has 1 aliphatic heterocycles. The Kier molecular flexibility index (Phi) is 7.64. The summed E-state index contributed by atoms with van der Waals surface area (Å²) in [7, 11) is 1.72. The Balaban J connectivity index is 2.17. The van der Waals surface area contributed by atoms with Gasteiger partial charge in [-0.3, -0.25) is 4.99 Å². The van der Waals surface area contributed by atoms with Crippen molar-refractivity contribution in [1.29, 1.82) is 0 Å². The Labute approximate surface area is 182 Å². The van der Waals surface area contributed by atoms with Gasteiger partial charge in [-0.05, 0) is 40.9 Å². The number of aliphatic imine (C=N–C) groups is 1. The van der Waals surface area contributed by atoms with Gasteiger partial charge in [-0.25, -0.2) is 0 Å². The first-order valence-corrected chi connectivity index (χ1v) is 12.1. The molecule has 2 aromatic carbocycles. The molecule has 1 aliphatic rings. The molecule has 0 aliphatic carbocycles. The molecule has 0 unspecified atom stereocenters. The molecule has 0 fully saturated rings. The number of hydrogen-bond donors (Lipinski definition) is 0. The standard InChI is InChI=1S/C24H30BrNOS/c1-4-6-13-24(14-7-5-2)17-28-22-16-20(25)21(27-3)15-19(22)23(26-24)18-11-9-8-10-12-18/h8-12,15-16H,4-7,13-14,17H2,1-3H3. The third-order valence-electron chi connectivity index (χ3n) is 5.39. The minimum absolute atomic E-state index is 0.000588. The van der Waals surface area contributed by atoms with Crippen LogP contribution in [0, 0.1) is 0 Å². The van der Waals surface area contributed by atoms with Gasteiger partial charge in [-0.15, -0.1) is 11.8 Å². The minimum atomic E-state index is 0.000588. The maximum absolute atomic E-state index is 5.61. The number of nitrogens with zero attached hydrogens (tertiary/aromatic N) is 1. The lowest BCUT2D eigenvalue weighted by molar-refractivity contribution is 0.387. The van der Waals surface area contributed by atoms with Gasteiger partial charge in [0.25, 0.3) is 0 Å². The van der Waals surface area contributed by atoms with Crippen LogP contribution in [0.4, 0.5) is 0 Å². The van der Waals surface area contributed by atoms with Crippen molar-refractivity contribution in [2.24, 2.45) is 4.99 Å². The summed E-state index contributed by atoms with van der Waals surface area (Å²) in [5.41, 5.74) is 3.48. The van der Waals surface area contributed by atoms with E-state index in [-0.39, 0.29) is 5.54 Å². The highest BCUT2D eigenvalue weighted by molar-refractivity contribution is 9.10. The quantitative estimate of drug-likeness (QED) is 0.406. The van der Waals surface area contributed by atoms with Crippen molar-refractivity contribution in [2.45, 2.75) is 62.8 Å². The van der Waals surface area contributed by atoms with Gasteiger partial charge >= 0.3 is 0 Å². The lowest BCUT2D eigenvalue weighted by Crippen LogP contribution is -2.31. The predicted octanol–water partition coefficient (Wildman–Crippen LogP) is 7.52. The zero-order valence-corrected chi connectivity index (χ0v) is 19.5. The number of methoxy groups -OCH3 is 1. The maximum Gasteiger partial charge on any atom is 0.133 e. The first-order valence-electron chi connectivity index (χ1n) is 10.3. The molecule has 150 valence electrons. The van der Waals surface area contributed by atoms with E-state index >= 15 is 0 Å². The molecule has 28 heavy (non-hydrogen) atoms. The molecule has 0 saturated carbocycles. The fourth-order valence-corrected chi connectivity index (χ4v) is 5.69. The van der Waals surface area contributed by atoms with Crippen LogP contribution in [0.1, 0.15) is 63.5 Å². The van der Waals surface area contributed by atoms with Crippen LogP contribution in [0.3, 0.4) is 0 Å². The molecule has 0 amide bonds. The number of rotatable bonds is 8. The van der Waals surface area contributed by atoms with Gasteiger partial charge in [0.15, 0.2) is 0 Å². The SMILES string of the molecule is CCCCC1(CCCC)CSc2cc(Br)c(OC)cc2C(c2ccccc2)=N1. The fourth-order valence-electron chi connectivity index (χ4n) is 3.75. The van der Waals surface area contributed by atoms with Gasteiger partial charge < -0.3 is 4.74 Å². The van der Waals surface area contributed by atoms with Gasteiger partial charge in [0.1, 0.15) is 5.75 Å². The molecule has 4 heteroatoms. The molecule has 0 radical (unpaired) electrons. The van der Waals surface area contributed by atoms with Gasteiger partial charge in [0, 0.05) is 21.8 Å². The molecule has 3 rings (SSSR count). The summed E-state index contributed by atoms with van der Waals surface area (Å²) in [6.45, 7) is 4.55. The van der Waals surface area contributed by atoms with E-state index in [0.717, 1.165) is 34.5 Å². The molecule has 0 aromatic heterocycles. The first kappa shape index (κ1) is 21.4. The molecule has 0 saturated heterocycles. The molecule has 0 atom stereocenters. The van der Waals surface area contributed by atoms with Crippen molar-refractivity contribution in [1.82, 2.24) is 0 Å².